The lowest BCUT2D eigenvalue weighted by atomic mass is 9.54. The van der Waals surface area contributed by atoms with E-state index in [2.05, 4.69) is 21.2 Å². The van der Waals surface area contributed by atoms with Gasteiger partial charge in [0.05, 0.1) is 6.61 Å². The Bertz CT molecular complexity index is 782. The number of aryl methyl sites for hydroxylation is 2. The van der Waals surface area contributed by atoms with Crippen LogP contribution in [0.1, 0.15) is 63.5 Å². The molecule has 5 aliphatic rings. The molecule has 1 aliphatic heterocycles. The van der Waals surface area contributed by atoms with Gasteiger partial charge in [0.1, 0.15) is 0 Å². The number of unbranched alkanes of at least 4 members (excludes halogenated alkanes) is 1. The van der Waals surface area contributed by atoms with Crippen LogP contribution < -0.4 is 10.1 Å². The highest BCUT2D eigenvalue weighted by molar-refractivity contribution is 5.89. The maximum Gasteiger partial charge on any atom is 0.328 e. The van der Waals surface area contributed by atoms with Gasteiger partial charge in [0, 0.05) is 36.5 Å². The first-order valence-corrected chi connectivity index (χ1v) is 12.5. The highest BCUT2D eigenvalue weighted by atomic mass is 16.5. The number of carboxylic acid groups (broad SMARTS) is 2. The summed E-state index contributed by atoms with van der Waals surface area (Å²) in [7, 11) is 0. The van der Waals surface area contributed by atoms with Crippen molar-refractivity contribution in [2.45, 2.75) is 76.8 Å². The van der Waals surface area contributed by atoms with E-state index in [1.807, 2.05) is 0 Å². The molecule has 0 radical (unpaired) electrons. The van der Waals surface area contributed by atoms with E-state index in [-0.39, 0.29) is 0 Å². The average Bonchev–Trinajstić information content (AvgIpc) is 3.19. The van der Waals surface area contributed by atoms with Crippen LogP contribution in [0.25, 0.3) is 0 Å². The maximum atomic E-state index is 9.55. The number of aromatic nitrogens is 2. The third-order valence-corrected chi connectivity index (χ3v) is 7.69. The second-order valence-corrected chi connectivity index (χ2v) is 10.1. The fourth-order valence-electron chi connectivity index (χ4n) is 6.54. The van der Waals surface area contributed by atoms with Crippen molar-refractivity contribution in [3.8, 4) is 5.88 Å². The van der Waals surface area contributed by atoms with Gasteiger partial charge in [-0.2, -0.15) is 0 Å². The van der Waals surface area contributed by atoms with Gasteiger partial charge in [-0.05, 0) is 94.4 Å². The standard InChI is InChI=1S/C21H33N3O.C4H4O4/c1-3-7-24-19(5-1)14-20(23-24)25-8-4-2-6-22-21-17-10-15-9-16(12-17)13-18(21)11-15;5-3(6)1-2-4(7)8/h14-18,21-22H,1-13H2;1-2H,(H,5,6)(H,7,8)/b;2-1-. The number of fused-ring (bicyclic) bond motifs is 1. The number of nitrogens with zero attached hydrogens (tertiary/aromatic N) is 2. The Morgan fingerprint density at radius 3 is 2.30 bits per heavy atom. The minimum Gasteiger partial charge on any atom is -0.478 e. The predicted molar refractivity (Wildman–Crippen MR) is 123 cm³/mol. The number of hydrogen-bond acceptors (Lipinski definition) is 5. The van der Waals surface area contributed by atoms with Crippen molar-refractivity contribution in [3.05, 3.63) is 23.9 Å². The van der Waals surface area contributed by atoms with Crippen molar-refractivity contribution in [1.29, 1.82) is 0 Å². The summed E-state index contributed by atoms with van der Waals surface area (Å²) in [6.07, 6.45) is 14.8. The highest BCUT2D eigenvalue weighted by Crippen LogP contribution is 2.53. The first kappa shape index (κ1) is 23.8. The number of hydrogen-bond donors (Lipinski definition) is 3. The van der Waals surface area contributed by atoms with Crippen LogP contribution in [0.15, 0.2) is 18.2 Å². The van der Waals surface area contributed by atoms with Crippen LogP contribution in [0.4, 0.5) is 0 Å². The number of carbonyl (C=O) groups is 2. The Kier molecular flexibility index (Phi) is 8.06. The summed E-state index contributed by atoms with van der Waals surface area (Å²) in [5.74, 6) is 2.46. The molecule has 1 aromatic rings. The molecule has 0 amide bonds. The number of nitrogens with one attached hydrogen (secondary N) is 1. The van der Waals surface area contributed by atoms with Gasteiger partial charge in [-0.1, -0.05) is 0 Å². The molecule has 0 unspecified atom stereocenters. The summed E-state index contributed by atoms with van der Waals surface area (Å²) in [6.45, 7) is 3.03. The van der Waals surface area contributed by atoms with Crippen LogP contribution in [-0.4, -0.2) is 51.1 Å². The van der Waals surface area contributed by atoms with Crippen molar-refractivity contribution in [2.24, 2.45) is 23.7 Å². The molecule has 0 spiro atoms. The molecule has 2 heterocycles. The zero-order chi connectivity index (χ0) is 23.2. The maximum absolute atomic E-state index is 9.55. The predicted octanol–water partition coefficient (Wildman–Crippen LogP) is 3.50. The summed E-state index contributed by atoms with van der Waals surface area (Å²) < 4.78 is 8.02. The van der Waals surface area contributed by atoms with E-state index in [0.29, 0.717) is 12.2 Å². The molecular formula is C25H37N3O5. The first-order chi connectivity index (χ1) is 16.0. The van der Waals surface area contributed by atoms with Gasteiger partial charge in [0.25, 0.3) is 0 Å². The van der Waals surface area contributed by atoms with Crippen LogP contribution >= 0.6 is 0 Å². The van der Waals surface area contributed by atoms with Crippen LogP contribution in [0.2, 0.25) is 0 Å². The quantitative estimate of drug-likeness (QED) is 0.382. The number of rotatable bonds is 9. The largest absolute Gasteiger partial charge is 0.478 e. The Morgan fingerprint density at radius 2 is 1.70 bits per heavy atom. The van der Waals surface area contributed by atoms with Gasteiger partial charge in [0.2, 0.25) is 5.88 Å². The molecule has 8 heteroatoms. The van der Waals surface area contributed by atoms with Crippen molar-refractivity contribution in [2.75, 3.05) is 13.2 Å². The van der Waals surface area contributed by atoms with E-state index in [0.717, 1.165) is 68.1 Å². The molecule has 6 rings (SSSR count). The molecule has 4 bridgehead atoms. The normalized spacial score (nSPS) is 29.4. The molecule has 0 aromatic carbocycles. The lowest BCUT2D eigenvalue weighted by molar-refractivity contribution is -0.134. The average molecular weight is 460 g/mol. The zero-order valence-corrected chi connectivity index (χ0v) is 19.3. The van der Waals surface area contributed by atoms with Gasteiger partial charge < -0.3 is 20.3 Å². The third kappa shape index (κ3) is 6.59. The SMILES string of the molecule is O=C(O)/C=C\C(=O)O.c1c(OCCCCNC2C3CC4CC(C3)CC2C4)nn2c1CCCC2. The highest BCUT2D eigenvalue weighted by Gasteiger charge is 2.47. The van der Waals surface area contributed by atoms with Gasteiger partial charge >= 0.3 is 11.9 Å². The molecule has 0 saturated heterocycles. The van der Waals surface area contributed by atoms with Crippen LogP contribution in [0, 0.1) is 23.7 Å². The summed E-state index contributed by atoms with van der Waals surface area (Å²) in [6, 6.07) is 2.97. The Morgan fingerprint density at radius 1 is 1.03 bits per heavy atom. The minimum atomic E-state index is -1.26. The summed E-state index contributed by atoms with van der Waals surface area (Å²) >= 11 is 0. The van der Waals surface area contributed by atoms with E-state index < -0.39 is 11.9 Å². The van der Waals surface area contributed by atoms with E-state index in [4.69, 9.17) is 14.9 Å². The molecule has 4 aliphatic carbocycles. The first-order valence-electron chi connectivity index (χ1n) is 12.5. The van der Waals surface area contributed by atoms with Gasteiger partial charge in [-0.3, -0.25) is 4.68 Å². The van der Waals surface area contributed by atoms with Crippen molar-refractivity contribution in [3.63, 3.8) is 0 Å². The van der Waals surface area contributed by atoms with E-state index in [1.165, 1.54) is 50.6 Å². The van der Waals surface area contributed by atoms with Crippen LogP contribution in [-0.2, 0) is 22.6 Å². The van der Waals surface area contributed by atoms with Crippen molar-refractivity contribution in [1.82, 2.24) is 15.1 Å². The second kappa shape index (κ2) is 11.2. The molecule has 0 atom stereocenters. The van der Waals surface area contributed by atoms with E-state index >= 15 is 0 Å². The fraction of sp³-hybridized carbons (Fsp3) is 0.720. The van der Waals surface area contributed by atoms with E-state index in [1.54, 1.807) is 6.42 Å². The number of carboxylic acids is 2. The summed E-state index contributed by atoms with van der Waals surface area (Å²) in [5, 5.41) is 24.1. The van der Waals surface area contributed by atoms with Crippen LogP contribution in [0.3, 0.4) is 0 Å². The topological polar surface area (TPSA) is 114 Å². The van der Waals surface area contributed by atoms with Gasteiger partial charge in [0.15, 0.2) is 0 Å². The fourth-order valence-corrected chi connectivity index (χ4v) is 6.54. The third-order valence-electron chi connectivity index (χ3n) is 7.69. The second-order valence-electron chi connectivity index (χ2n) is 10.1. The lowest BCUT2D eigenvalue weighted by Crippen LogP contribution is -2.54. The van der Waals surface area contributed by atoms with Gasteiger partial charge in [-0.15, -0.1) is 5.10 Å². The summed E-state index contributed by atoms with van der Waals surface area (Å²) in [4.78, 5) is 19.1. The van der Waals surface area contributed by atoms with Crippen LogP contribution in [0.5, 0.6) is 5.88 Å². The molecule has 4 fully saturated rings. The zero-order valence-electron chi connectivity index (χ0n) is 19.3. The Balaban J connectivity index is 0.000000281. The molecule has 182 valence electrons. The van der Waals surface area contributed by atoms with Crippen molar-refractivity contribution < 1.29 is 24.5 Å². The molecule has 4 saturated carbocycles. The Labute approximate surface area is 195 Å². The molecule has 8 nitrogen and oxygen atoms in total. The molecule has 3 N–H and O–H groups in total. The number of aliphatic carboxylic acids is 2. The monoisotopic (exact) mass is 459 g/mol. The Hall–Kier alpha value is -2.35. The van der Waals surface area contributed by atoms with E-state index in [9.17, 15) is 9.59 Å². The van der Waals surface area contributed by atoms with Gasteiger partial charge in [-0.25, -0.2) is 9.59 Å². The van der Waals surface area contributed by atoms with Crippen molar-refractivity contribution >= 4 is 11.9 Å². The lowest BCUT2D eigenvalue weighted by Gasteiger charge is -2.54. The smallest absolute Gasteiger partial charge is 0.328 e. The molecular weight excluding hydrogens is 422 g/mol. The minimum absolute atomic E-state index is 0.558. The summed E-state index contributed by atoms with van der Waals surface area (Å²) in [5.41, 5.74) is 1.35. The molecule has 1 aromatic heterocycles. The number of ether oxygens (including phenoxy) is 1. The molecule has 33 heavy (non-hydrogen) atoms.